The van der Waals surface area contributed by atoms with Gasteiger partial charge in [0.1, 0.15) is 5.82 Å². The van der Waals surface area contributed by atoms with Gasteiger partial charge in [0.2, 0.25) is 0 Å². The summed E-state index contributed by atoms with van der Waals surface area (Å²) in [4.78, 5) is 0. The van der Waals surface area contributed by atoms with Crippen LogP contribution in [-0.4, -0.2) is 6.18 Å². The van der Waals surface area contributed by atoms with Gasteiger partial charge in [0.05, 0.1) is 12.5 Å². The molecule has 1 aromatic rings. The van der Waals surface area contributed by atoms with Gasteiger partial charge in [0.25, 0.3) is 0 Å². The molecule has 0 saturated carbocycles. The van der Waals surface area contributed by atoms with Crippen LogP contribution in [0.3, 0.4) is 0 Å². The van der Waals surface area contributed by atoms with Gasteiger partial charge in [0.15, 0.2) is 0 Å². The molecule has 0 fully saturated rings. The van der Waals surface area contributed by atoms with Crippen molar-refractivity contribution in [2.24, 2.45) is 5.84 Å². The van der Waals surface area contributed by atoms with E-state index in [0.29, 0.717) is 5.56 Å². The number of alkyl halides is 3. The maximum atomic E-state index is 13.3. The molecule has 6 heteroatoms. The molecule has 90 valence electrons. The first-order chi connectivity index (χ1) is 7.33. The Kier molecular flexibility index (Phi) is 3.88. The summed E-state index contributed by atoms with van der Waals surface area (Å²) in [6.07, 6.45) is -5.60. The van der Waals surface area contributed by atoms with Crippen molar-refractivity contribution in [3.8, 4) is 0 Å². The molecule has 0 aromatic heterocycles. The molecule has 0 bridgehead atoms. The third-order valence-electron chi connectivity index (χ3n) is 2.16. The lowest BCUT2D eigenvalue weighted by atomic mass is 10.0. The predicted molar refractivity (Wildman–Crippen MR) is 51.9 cm³/mol. The minimum absolute atomic E-state index is 0.0696. The molecule has 0 aliphatic heterocycles. The van der Waals surface area contributed by atoms with Crippen LogP contribution < -0.4 is 11.3 Å². The molecule has 0 aliphatic carbocycles. The number of benzene rings is 1. The molecule has 0 radical (unpaired) electrons. The Balaban J connectivity index is 2.99. The maximum Gasteiger partial charge on any atom is 0.390 e. The van der Waals surface area contributed by atoms with Gasteiger partial charge in [-0.1, -0.05) is 17.7 Å². The van der Waals surface area contributed by atoms with E-state index < -0.39 is 24.5 Å². The van der Waals surface area contributed by atoms with Crippen molar-refractivity contribution in [3.05, 3.63) is 35.1 Å². The minimum Gasteiger partial charge on any atom is -0.271 e. The van der Waals surface area contributed by atoms with Crippen LogP contribution in [0.2, 0.25) is 0 Å². The molecular formula is C10H12F4N2. The summed E-state index contributed by atoms with van der Waals surface area (Å²) in [5, 5.41) is 0. The Labute approximate surface area is 90.4 Å². The van der Waals surface area contributed by atoms with E-state index in [1.807, 2.05) is 5.43 Å². The van der Waals surface area contributed by atoms with Crippen LogP contribution in [-0.2, 0) is 0 Å². The van der Waals surface area contributed by atoms with E-state index in [1.165, 1.54) is 12.1 Å². The summed E-state index contributed by atoms with van der Waals surface area (Å²) < 4.78 is 49.9. The van der Waals surface area contributed by atoms with Gasteiger partial charge >= 0.3 is 6.18 Å². The molecule has 3 N–H and O–H groups in total. The van der Waals surface area contributed by atoms with Crippen molar-refractivity contribution in [2.75, 3.05) is 0 Å². The first kappa shape index (κ1) is 12.9. The van der Waals surface area contributed by atoms with Crippen LogP contribution >= 0.6 is 0 Å². The largest absolute Gasteiger partial charge is 0.390 e. The first-order valence-corrected chi connectivity index (χ1v) is 4.62. The van der Waals surface area contributed by atoms with Gasteiger partial charge in [-0.3, -0.25) is 11.3 Å². The zero-order valence-electron chi connectivity index (χ0n) is 8.61. The number of rotatable bonds is 3. The van der Waals surface area contributed by atoms with Crippen molar-refractivity contribution >= 4 is 0 Å². The zero-order chi connectivity index (χ0) is 12.3. The van der Waals surface area contributed by atoms with Gasteiger partial charge in [-0.05, 0) is 13.0 Å². The van der Waals surface area contributed by atoms with Gasteiger partial charge in [0, 0.05) is 5.56 Å². The highest BCUT2D eigenvalue weighted by atomic mass is 19.4. The van der Waals surface area contributed by atoms with Crippen LogP contribution in [0.25, 0.3) is 0 Å². The fourth-order valence-electron chi connectivity index (χ4n) is 1.42. The number of hydrazine groups is 1. The average Bonchev–Trinajstić information content (AvgIpc) is 2.17. The third kappa shape index (κ3) is 3.46. The first-order valence-electron chi connectivity index (χ1n) is 4.62. The summed E-state index contributed by atoms with van der Waals surface area (Å²) in [5.41, 5.74) is 2.59. The molecule has 0 saturated heterocycles. The normalized spacial score (nSPS) is 13.9. The molecule has 16 heavy (non-hydrogen) atoms. The number of aryl methyl sites for hydroxylation is 1. The van der Waals surface area contributed by atoms with Crippen molar-refractivity contribution < 1.29 is 17.6 Å². The van der Waals surface area contributed by atoms with Gasteiger partial charge in [-0.2, -0.15) is 13.2 Å². The Morgan fingerprint density at radius 3 is 2.50 bits per heavy atom. The molecule has 1 unspecified atom stereocenters. The monoisotopic (exact) mass is 236 g/mol. The van der Waals surface area contributed by atoms with Gasteiger partial charge in [-0.15, -0.1) is 0 Å². The van der Waals surface area contributed by atoms with Crippen LogP contribution in [0.4, 0.5) is 17.6 Å². The Bertz CT molecular complexity index is 362. The minimum atomic E-state index is -4.40. The molecular weight excluding hydrogens is 224 g/mol. The lowest BCUT2D eigenvalue weighted by Gasteiger charge is -2.19. The highest BCUT2D eigenvalue weighted by Gasteiger charge is 2.33. The Hall–Kier alpha value is -1.14. The van der Waals surface area contributed by atoms with E-state index in [4.69, 9.17) is 5.84 Å². The van der Waals surface area contributed by atoms with Crippen LogP contribution in [0.1, 0.15) is 23.6 Å². The summed E-state index contributed by atoms with van der Waals surface area (Å²) in [7, 11) is 0. The summed E-state index contributed by atoms with van der Waals surface area (Å²) in [6.45, 7) is 1.67. The van der Waals surface area contributed by atoms with Crippen LogP contribution in [0.5, 0.6) is 0 Å². The number of halogens is 4. The fraction of sp³-hybridized carbons (Fsp3) is 0.400. The highest BCUT2D eigenvalue weighted by Crippen LogP contribution is 2.30. The number of nitrogens with one attached hydrogen (secondary N) is 1. The molecule has 1 rings (SSSR count). The SMILES string of the molecule is Cc1ccc(F)c(C(CC(F)(F)F)NN)c1. The van der Waals surface area contributed by atoms with E-state index >= 15 is 0 Å². The zero-order valence-corrected chi connectivity index (χ0v) is 8.61. The molecule has 0 heterocycles. The molecule has 1 aromatic carbocycles. The second kappa shape index (κ2) is 4.80. The topological polar surface area (TPSA) is 38.0 Å². The lowest BCUT2D eigenvalue weighted by molar-refractivity contribution is -0.140. The number of hydrogen-bond acceptors (Lipinski definition) is 2. The Morgan fingerprint density at radius 2 is 2.00 bits per heavy atom. The van der Waals surface area contributed by atoms with Crippen LogP contribution in [0.15, 0.2) is 18.2 Å². The fourth-order valence-corrected chi connectivity index (χ4v) is 1.42. The summed E-state index contributed by atoms with van der Waals surface area (Å²) >= 11 is 0. The van der Waals surface area contributed by atoms with Crippen molar-refractivity contribution in [1.29, 1.82) is 0 Å². The van der Waals surface area contributed by atoms with E-state index in [9.17, 15) is 17.6 Å². The standard InChI is InChI=1S/C10H12F4N2/c1-6-2-3-8(11)7(4-6)9(16-15)5-10(12,13)14/h2-4,9,16H,5,15H2,1H3. The lowest BCUT2D eigenvalue weighted by Crippen LogP contribution is -2.32. The van der Waals surface area contributed by atoms with Crippen LogP contribution in [0, 0.1) is 12.7 Å². The summed E-state index contributed by atoms with van der Waals surface area (Å²) in [5.74, 6) is 4.32. The molecule has 2 nitrogen and oxygen atoms in total. The van der Waals surface area contributed by atoms with E-state index in [-0.39, 0.29) is 5.56 Å². The number of nitrogens with two attached hydrogens (primary N) is 1. The second-order valence-corrected chi connectivity index (χ2v) is 3.56. The quantitative estimate of drug-likeness (QED) is 0.481. The second-order valence-electron chi connectivity index (χ2n) is 3.56. The van der Waals surface area contributed by atoms with Gasteiger partial charge in [-0.25, -0.2) is 4.39 Å². The molecule has 0 aliphatic rings. The predicted octanol–water partition coefficient (Wildman–Crippen LogP) is 2.59. The van der Waals surface area contributed by atoms with E-state index in [1.54, 1.807) is 6.92 Å². The highest BCUT2D eigenvalue weighted by molar-refractivity contribution is 5.26. The third-order valence-corrected chi connectivity index (χ3v) is 2.16. The van der Waals surface area contributed by atoms with Crippen molar-refractivity contribution in [3.63, 3.8) is 0 Å². The van der Waals surface area contributed by atoms with Crippen molar-refractivity contribution in [1.82, 2.24) is 5.43 Å². The average molecular weight is 236 g/mol. The van der Waals surface area contributed by atoms with E-state index in [0.717, 1.165) is 6.07 Å². The van der Waals surface area contributed by atoms with Crippen molar-refractivity contribution in [2.45, 2.75) is 25.6 Å². The summed E-state index contributed by atoms with van der Waals surface area (Å²) in [6, 6.07) is 2.71. The smallest absolute Gasteiger partial charge is 0.271 e. The van der Waals surface area contributed by atoms with Gasteiger partial charge < -0.3 is 0 Å². The number of hydrogen-bond donors (Lipinski definition) is 2. The molecule has 0 amide bonds. The molecule has 1 atom stereocenters. The Morgan fingerprint density at radius 1 is 1.38 bits per heavy atom. The van der Waals surface area contributed by atoms with E-state index in [2.05, 4.69) is 0 Å². The maximum absolute atomic E-state index is 13.3. The molecule has 0 spiro atoms.